The Bertz CT molecular complexity index is 801. The van der Waals surface area contributed by atoms with Gasteiger partial charge < -0.3 is 10.1 Å². The van der Waals surface area contributed by atoms with E-state index in [2.05, 4.69) is 5.32 Å². The summed E-state index contributed by atoms with van der Waals surface area (Å²) in [7, 11) is 0. The predicted octanol–water partition coefficient (Wildman–Crippen LogP) is 4.41. The lowest BCUT2D eigenvalue weighted by Gasteiger charge is -2.17. The van der Waals surface area contributed by atoms with Crippen LogP contribution in [0.1, 0.15) is 45.1 Å². The average Bonchev–Trinajstić information content (AvgIpc) is 2.53. The van der Waals surface area contributed by atoms with Crippen molar-refractivity contribution in [1.29, 1.82) is 0 Å². The number of aryl methyl sites for hydroxylation is 5. The van der Waals surface area contributed by atoms with Crippen molar-refractivity contribution in [2.75, 3.05) is 5.32 Å². The summed E-state index contributed by atoms with van der Waals surface area (Å²) >= 11 is 0. The maximum atomic E-state index is 12.4. The van der Waals surface area contributed by atoms with Gasteiger partial charge in [0.05, 0.1) is 5.56 Å². The third kappa shape index (κ3) is 4.47. The molecule has 2 aromatic carbocycles. The molecule has 0 saturated carbocycles. The molecular formula is C21H25NO3. The summed E-state index contributed by atoms with van der Waals surface area (Å²) in [6.45, 7) is 11.4. The van der Waals surface area contributed by atoms with Crippen LogP contribution in [0.25, 0.3) is 0 Å². The van der Waals surface area contributed by atoms with Crippen LogP contribution in [0, 0.1) is 34.6 Å². The summed E-state index contributed by atoms with van der Waals surface area (Å²) in [5, 5.41) is 2.87. The van der Waals surface area contributed by atoms with Gasteiger partial charge in [-0.25, -0.2) is 4.79 Å². The lowest BCUT2D eigenvalue weighted by atomic mass is 10.0. The van der Waals surface area contributed by atoms with Crippen molar-refractivity contribution in [3.8, 4) is 0 Å². The summed E-state index contributed by atoms with van der Waals surface area (Å²) in [6.07, 6.45) is -0.880. The second-order valence-electron chi connectivity index (χ2n) is 6.61. The normalized spacial score (nSPS) is 11.8. The number of hydrogen-bond donors (Lipinski definition) is 1. The van der Waals surface area contributed by atoms with Gasteiger partial charge in [0.2, 0.25) is 0 Å². The Morgan fingerprint density at radius 3 is 2.04 bits per heavy atom. The highest BCUT2D eigenvalue weighted by molar-refractivity contribution is 5.98. The maximum Gasteiger partial charge on any atom is 0.338 e. The van der Waals surface area contributed by atoms with Gasteiger partial charge in [-0.1, -0.05) is 23.8 Å². The summed E-state index contributed by atoms with van der Waals surface area (Å²) in [5.41, 5.74) is 6.44. The molecule has 132 valence electrons. The summed E-state index contributed by atoms with van der Waals surface area (Å²) in [6, 6.07) is 9.37. The Balaban J connectivity index is 2.07. The number of hydrogen-bond acceptors (Lipinski definition) is 3. The molecule has 0 saturated heterocycles. The lowest BCUT2D eigenvalue weighted by Crippen LogP contribution is -2.30. The number of esters is 1. The number of ether oxygens (including phenoxy) is 1. The van der Waals surface area contributed by atoms with Gasteiger partial charge in [0, 0.05) is 5.69 Å². The van der Waals surface area contributed by atoms with Crippen molar-refractivity contribution < 1.29 is 14.3 Å². The Kier molecular flexibility index (Phi) is 5.62. The number of carbonyl (C=O) groups excluding carboxylic acids is 2. The minimum absolute atomic E-state index is 0.341. The molecule has 0 aliphatic carbocycles. The van der Waals surface area contributed by atoms with E-state index in [1.807, 2.05) is 52.8 Å². The Morgan fingerprint density at radius 1 is 0.880 bits per heavy atom. The van der Waals surface area contributed by atoms with E-state index in [-0.39, 0.29) is 5.91 Å². The first-order valence-corrected chi connectivity index (χ1v) is 8.36. The summed E-state index contributed by atoms with van der Waals surface area (Å²) in [5.74, 6) is -0.838. The molecule has 0 unspecified atom stereocenters. The molecule has 0 fully saturated rings. The van der Waals surface area contributed by atoms with Gasteiger partial charge in [0.15, 0.2) is 6.10 Å². The Morgan fingerprint density at radius 2 is 1.48 bits per heavy atom. The highest BCUT2D eigenvalue weighted by atomic mass is 16.5. The fourth-order valence-electron chi connectivity index (χ4n) is 2.75. The summed E-state index contributed by atoms with van der Waals surface area (Å²) in [4.78, 5) is 24.7. The first-order chi connectivity index (χ1) is 11.7. The highest BCUT2D eigenvalue weighted by Gasteiger charge is 2.20. The van der Waals surface area contributed by atoms with Crippen LogP contribution in [0.5, 0.6) is 0 Å². The number of carbonyl (C=O) groups is 2. The quantitative estimate of drug-likeness (QED) is 0.839. The lowest BCUT2D eigenvalue weighted by molar-refractivity contribution is -0.123. The molecule has 0 bridgehead atoms. The van der Waals surface area contributed by atoms with Crippen LogP contribution in [0.4, 0.5) is 5.69 Å². The second-order valence-corrected chi connectivity index (χ2v) is 6.61. The van der Waals surface area contributed by atoms with E-state index < -0.39 is 12.1 Å². The molecule has 0 aliphatic heterocycles. The predicted molar refractivity (Wildman–Crippen MR) is 100 cm³/mol. The number of anilines is 1. The molecule has 2 rings (SSSR count). The first-order valence-electron chi connectivity index (χ1n) is 8.36. The smallest absolute Gasteiger partial charge is 0.338 e. The molecule has 1 atom stereocenters. The zero-order valence-electron chi connectivity index (χ0n) is 15.7. The van der Waals surface area contributed by atoms with Crippen LogP contribution < -0.4 is 5.32 Å². The molecule has 2 aromatic rings. The van der Waals surface area contributed by atoms with Gasteiger partial charge in [-0.2, -0.15) is 0 Å². The van der Waals surface area contributed by atoms with Gasteiger partial charge in [-0.15, -0.1) is 0 Å². The molecule has 0 radical (unpaired) electrons. The Labute approximate surface area is 149 Å². The molecule has 1 N–H and O–H groups in total. The van der Waals surface area contributed by atoms with Crippen molar-refractivity contribution in [2.45, 2.75) is 47.6 Å². The van der Waals surface area contributed by atoms with Gasteiger partial charge >= 0.3 is 5.97 Å². The van der Waals surface area contributed by atoms with E-state index >= 15 is 0 Å². The molecule has 0 spiro atoms. The van der Waals surface area contributed by atoms with E-state index in [0.717, 1.165) is 33.5 Å². The first kappa shape index (κ1) is 18.7. The van der Waals surface area contributed by atoms with Gasteiger partial charge in [-0.3, -0.25) is 4.79 Å². The van der Waals surface area contributed by atoms with Crippen molar-refractivity contribution >= 4 is 17.6 Å². The van der Waals surface area contributed by atoms with Gasteiger partial charge in [-0.05, 0) is 75.9 Å². The van der Waals surface area contributed by atoms with E-state index in [4.69, 9.17) is 4.74 Å². The van der Waals surface area contributed by atoms with Crippen LogP contribution in [0.2, 0.25) is 0 Å². The van der Waals surface area contributed by atoms with E-state index in [0.29, 0.717) is 5.56 Å². The number of nitrogens with one attached hydrogen (secondary N) is 1. The number of benzene rings is 2. The molecule has 4 heteroatoms. The van der Waals surface area contributed by atoms with E-state index in [1.165, 1.54) is 0 Å². The van der Waals surface area contributed by atoms with Crippen LogP contribution in [0.3, 0.4) is 0 Å². The monoisotopic (exact) mass is 339 g/mol. The van der Waals surface area contributed by atoms with Gasteiger partial charge in [0.25, 0.3) is 5.91 Å². The van der Waals surface area contributed by atoms with Crippen LogP contribution >= 0.6 is 0 Å². The minimum atomic E-state index is -0.880. The molecular weight excluding hydrogens is 314 g/mol. The average molecular weight is 339 g/mol. The van der Waals surface area contributed by atoms with E-state index in [1.54, 1.807) is 19.1 Å². The van der Waals surface area contributed by atoms with E-state index in [9.17, 15) is 9.59 Å². The minimum Gasteiger partial charge on any atom is -0.449 e. The van der Waals surface area contributed by atoms with Gasteiger partial charge in [0.1, 0.15) is 0 Å². The zero-order chi connectivity index (χ0) is 18.7. The maximum absolute atomic E-state index is 12.4. The Hall–Kier alpha value is -2.62. The molecule has 0 heterocycles. The molecule has 25 heavy (non-hydrogen) atoms. The molecule has 0 aromatic heterocycles. The fraction of sp³-hybridized carbons (Fsp3) is 0.333. The van der Waals surface area contributed by atoms with Crippen LogP contribution in [0.15, 0.2) is 30.3 Å². The van der Waals surface area contributed by atoms with Crippen LogP contribution in [-0.2, 0) is 9.53 Å². The van der Waals surface area contributed by atoms with Crippen molar-refractivity contribution in [1.82, 2.24) is 0 Å². The summed E-state index contributed by atoms with van der Waals surface area (Å²) < 4.78 is 5.32. The topological polar surface area (TPSA) is 55.4 Å². The second kappa shape index (κ2) is 7.51. The number of rotatable bonds is 4. The number of amides is 1. The van der Waals surface area contributed by atoms with Crippen molar-refractivity contribution in [3.63, 3.8) is 0 Å². The highest BCUT2D eigenvalue weighted by Crippen LogP contribution is 2.22. The third-order valence-electron chi connectivity index (χ3n) is 4.32. The molecule has 0 aliphatic rings. The largest absolute Gasteiger partial charge is 0.449 e. The standard InChI is InChI=1S/C21H25NO3/c1-12-9-15(4)19(16(5)10-12)22-20(23)17(6)25-21(24)18-8-7-13(2)14(3)11-18/h7-11,17H,1-6H3,(H,22,23)/t17-/m1/s1. The third-order valence-corrected chi connectivity index (χ3v) is 4.32. The zero-order valence-corrected chi connectivity index (χ0v) is 15.7. The molecule has 4 nitrogen and oxygen atoms in total. The SMILES string of the molecule is Cc1cc(C)c(NC(=O)[C@@H](C)OC(=O)c2ccc(C)c(C)c2)c(C)c1. The van der Waals surface area contributed by atoms with Crippen LogP contribution in [-0.4, -0.2) is 18.0 Å². The van der Waals surface area contributed by atoms with Crippen molar-refractivity contribution in [3.05, 3.63) is 63.7 Å². The molecule has 1 amide bonds. The fourth-order valence-corrected chi connectivity index (χ4v) is 2.75. The van der Waals surface area contributed by atoms with Crippen molar-refractivity contribution in [2.24, 2.45) is 0 Å².